The Morgan fingerprint density at radius 3 is 2.53 bits per heavy atom. The van der Waals surface area contributed by atoms with Gasteiger partial charge in [-0.05, 0) is 30.5 Å². The lowest BCUT2D eigenvalue weighted by atomic mass is 10.1. The number of carbonyl (C=O) groups excluding carboxylic acids is 1. The van der Waals surface area contributed by atoms with Gasteiger partial charge in [0.05, 0.1) is 6.42 Å². The third-order valence-corrected chi connectivity index (χ3v) is 3.56. The van der Waals surface area contributed by atoms with Crippen molar-refractivity contribution in [1.29, 1.82) is 0 Å². The predicted molar refractivity (Wildman–Crippen MR) is 72.5 cm³/mol. The van der Waals surface area contributed by atoms with Gasteiger partial charge < -0.3 is 10.0 Å². The van der Waals surface area contributed by atoms with Crippen molar-refractivity contribution in [3.63, 3.8) is 0 Å². The van der Waals surface area contributed by atoms with Gasteiger partial charge in [0.15, 0.2) is 0 Å². The van der Waals surface area contributed by atoms with Gasteiger partial charge in [-0.2, -0.15) is 0 Å². The number of benzene rings is 1. The zero-order valence-electron chi connectivity index (χ0n) is 10.1. The molecule has 0 aromatic heterocycles. The van der Waals surface area contributed by atoms with E-state index in [1.54, 1.807) is 18.2 Å². The first kappa shape index (κ1) is 14.2. The first-order valence-corrected chi connectivity index (χ1v) is 6.68. The summed E-state index contributed by atoms with van der Waals surface area (Å²) in [7, 11) is 0. The molecule has 4 nitrogen and oxygen atoms in total. The van der Waals surface area contributed by atoms with Crippen LogP contribution in [-0.4, -0.2) is 34.5 Å². The zero-order chi connectivity index (χ0) is 14.0. The van der Waals surface area contributed by atoms with Crippen LogP contribution < -0.4 is 0 Å². The highest BCUT2D eigenvalue weighted by Gasteiger charge is 2.33. The van der Waals surface area contributed by atoms with Crippen LogP contribution in [0.1, 0.15) is 18.4 Å². The highest BCUT2D eigenvalue weighted by Crippen LogP contribution is 2.28. The minimum atomic E-state index is -0.998. The quantitative estimate of drug-likeness (QED) is 0.909. The summed E-state index contributed by atoms with van der Waals surface area (Å²) in [5.74, 6) is -1.21. The highest BCUT2D eigenvalue weighted by molar-refractivity contribution is 6.35. The lowest BCUT2D eigenvalue weighted by Gasteiger charge is -2.20. The molecule has 1 N–H and O–H groups in total. The summed E-state index contributed by atoms with van der Waals surface area (Å²) in [6.45, 7) is -0.255. The number of amides is 1. The van der Waals surface area contributed by atoms with Crippen molar-refractivity contribution in [2.24, 2.45) is 0 Å². The maximum atomic E-state index is 12.1. The molecule has 6 heteroatoms. The number of carboxylic acid groups (broad SMARTS) is 1. The van der Waals surface area contributed by atoms with E-state index in [4.69, 9.17) is 28.3 Å². The number of hydrogen-bond donors (Lipinski definition) is 1. The number of carboxylic acids is 1. The third kappa shape index (κ3) is 3.85. The minimum absolute atomic E-state index is 0.0645. The molecule has 0 radical (unpaired) electrons. The van der Waals surface area contributed by atoms with E-state index in [1.165, 1.54) is 4.90 Å². The molecule has 0 saturated heterocycles. The van der Waals surface area contributed by atoms with Crippen LogP contribution in [0, 0.1) is 0 Å². The number of nitrogens with zero attached hydrogens (tertiary/aromatic N) is 1. The lowest BCUT2D eigenvalue weighted by molar-refractivity contribution is -0.144. The Balaban J connectivity index is 2.07. The molecule has 0 atom stereocenters. The number of hydrogen-bond acceptors (Lipinski definition) is 2. The monoisotopic (exact) mass is 301 g/mol. The molecule has 1 aliphatic carbocycles. The SMILES string of the molecule is O=C(O)CN(C(=O)Cc1ccc(Cl)cc1Cl)C1CC1. The van der Waals surface area contributed by atoms with Gasteiger partial charge in [0.1, 0.15) is 6.54 Å². The van der Waals surface area contributed by atoms with E-state index in [2.05, 4.69) is 0 Å². The second-order valence-electron chi connectivity index (χ2n) is 4.56. The third-order valence-electron chi connectivity index (χ3n) is 2.97. The fraction of sp³-hybridized carbons (Fsp3) is 0.385. The molecule has 0 aliphatic heterocycles. The van der Waals surface area contributed by atoms with Gasteiger partial charge in [0, 0.05) is 16.1 Å². The number of carbonyl (C=O) groups is 2. The van der Waals surface area contributed by atoms with E-state index in [0.717, 1.165) is 12.8 Å². The van der Waals surface area contributed by atoms with E-state index in [0.29, 0.717) is 15.6 Å². The summed E-state index contributed by atoms with van der Waals surface area (Å²) in [5, 5.41) is 9.76. The van der Waals surface area contributed by atoms with Crippen molar-refractivity contribution >= 4 is 35.1 Å². The fourth-order valence-electron chi connectivity index (χ4n) is 1.88. The summed E-state index contributed by atoms with van der Waals surface area (Å²) < 4.78 is 0. The Bertz CT molecular complexity index is 515. The van der Waals surface area contributed by atoms with E-state index in [-0.39, 0.29) is 24.9 Å². The normalized spacial score (nSPS) is 14.2. The van der Waals surface area contributed by atoms with Crippen LogP contribution in [0.5, 0.6) is 0 Å². The van der Waals surface area contributed by atoms with E-state index in [1.807, 2.05) is 0 Å². The van der Waals surface area contributed by atoms with Crippen molar-refractivity contribution in [3.05, 3.63) is 33.8 Å². The summed E-state index contributed by atoms with van der Waals surface area (Å²) in [6.07, 6.45) is 1.83. The first-order chi connectivity index (χ1) is 8.97. The molecule has 1 saturated carbocycles. The molecule has 1 aromatic carbocycles. The van der Waals surface area contributed by atoms with Crippen LogP contribution in [0.15, 0.2) is 18.2 Å². The van der Waals surface area contributed by atoms with Crippen molar-refractivity contribution < 1.29 is 14.7 Å². The second-order valence-corrected chi connectivity index (χ2v) is 5.40. The Morgan fingerprint density at radius 1 is 1.32 bits per heavy atom. The van der Waals surface area contributed by atoms with Gasteiger partial charge in [-0.25, -0.2) is 0 Å². The smallest absolute Gasteiger partial charge is 0.323 e. The number of halogens is 2. The maximum absolute atomic E-state index is 12.1. The Kier molecular flexibility index (Phi) is 4.32. The summed E-state index contributed by atoms with van der Waals surface area (Å²) in [5.41, 5.74) is 0.659. The standard InChI is InChI=1S/C13H13Cl2NO3/c14-9-2-1-8(11(15)6-9)5-12(17)16(7-13(18)19)10-3-4-10/h1-2,6,10H,3-5,7H2,(H,18,19). The molecular weight excluding hydrogens is 289 g/mol. The molecular formula is C13H13Cl2NO3. The van der Waals surface area contributed by atoms with Crippen LogP contribution in [0.4, 0.5) is 0 Å². The zero-order valence-corrected chi connectivity index (χ0v) is 11.6. The van der Waals surface area contributed by atoms with Gasteiger partial charge in [0.2, 0.25) is 5.91 Å². The molecule has 0 bridgehead atoms. The van der Waals surface area contributed by atoms with E-state index >= 15 is 0 Å². The molecule has 19 heavy (non-hydrogen) atoms. The topological polar surface area (TPSA) is 57.6 Å². The van der Waals surface area contributed by atoms with Gasteiger partial charge >= 0.3 is 5.97 Å². The molecule has 1 aromatic rings. The Morgan fingerprint density at radius 2 is 2.00 bits per heavy atom. The van der Waals surface area contributed by atoms with Gasteiger partial charge in [0.25, 0.3) is 0 Å². The molecule has 0 unspecified atom stereocenters. The minimum Gasteiger partial charge on any atom is -0.480 e. The van der Waals surface area contributed by atoms with Crippen LogP contribution in [0.25, 0.3) is 0 Å². The fourth-order valence-corrected chi connectivity index (χ4v) is 2.36. The van der Waals surface area contributed by atoms with Crippen molar-refractivity contribution in [2.45, 2.75) is 25.3 Å². The van der Waals surface area contributed by atoms with Crippen molar-refractivity contribution in [2.75, 3.05) is 6.54 Å². The molecule has 1 fully saturated rings. The maximum Gasteiger partial charge on any atom is 0.323 e. The van der Waals surface area contributed by atoms with Crippen molar-refractivity contribution in [1.82, 2.24) is 4.90 Å². The highest BCUT2D eigenvalue weighted by atomic mass is 35.5. The number of aliphatic carboxylic acids is 1. The predicted octanol–water partition coefficient (Wildman–Crippen LogP) is 2.61. The summed E-state index contributed by atoms with van der Waals surface area (Å²) in [6, 6.07) is 4.99. The van der Waals surface area contributed by atoms with Crippen LogP contribution >= 0.6 is 23.2 Å². The molecule has 0 heterocycles. The van der Waals surface area contributed by atoms with Crippen LogP contribution in [0.3, 0.4) is 0 Å². The molecule has 1 amide bonds. The Labute approximate surface area is 120 Å². The van der Waals surface area contributed by atoms with Gasteiger partial charge in [-0.3, -0.25) is 9.59 Å². The number of rotatable bonds is 5. The molecule has 0 spiro atoms. The molecule has 102 valence electrons. The largest absolute Gasteiger partial charge is 0.480 e. The molecule has 1 aliphatic rings. The van der Waals surface area contributed by atoms with Gasteiger partial charge in [-0.15, -0.1) is 0 Å². The first-order valence-electron chi connectivity index (χ1n) is 5.92. The second kappa shape index (κ2) is 5.80. The average Bonchev–Trinajstić information content (AvgIpc) is 3.13. The van der Waals surface area contributed by atoms with Crippen LogP contribution in [-0.2, 0) is 16.0 Å². The van der Waals surface area contributed by atoms with Crippen molar-refractivity contribution in [3.8, 4) is 0 Å². The summed E-state index contributed by atoms with van der Waals surface area (Å²) >= 11 is 11.8. The van der Waals surface area contributed by atoms with E-state index < -0.39 is 5.97 Å². The van der Waals surface area contributed by atoms with Crippen LogP contribution in [0.2, 0.25) is 10.0 Å². The van der Waals surface area contributed by atoms with E-state index in [9.17, 15) is 9.59 Å². The van der Waals surface area contributed by atoms with Gasteiger partial charge in [-0.1, -0.05) is 29.3 Å². The molecule has 2 rings (SSSR count). The lowest BCUT2D eigenvalue weighted by Crippen LogP contribution is -2.38. The Hall–Kier alpha value is -1.26. The summed E-state index contributed by atoms with van der Waals surface area (Å²) in [4.78, 5) is 24.3. The average molecular weight is 302 g/mol.